The van der Waals surface area contributed by atoms with Gasteiger partial charge < -0.3 is 14.4 Å². The molecule has 4 rings (SSSR count). The Kier molecular flexibility index (Phi) is 5.41. The molecule has 0 unspecified atom stereocenters. The molecule has 6 nitrogen and oxygen atoms in total. The summed E-state index contributed by atoms with van der Waals surface area (Å²) in [6.07, 6.45) is 9.32. The lowest BCUT2D eigenvalue weighted by atomic mass is 9.95. The zero-order valence-electron chi connectivity index (χ0n) is 15.7. The SMILES string of the molecule is COC[C@@H]1CN(C(=O)C2=CCCC2)Cc2cnn(CC3CCOCC3)c21. The Morgan fingerprint density at radius 1 is 1.38 bits per heavy atom. The van der Waals surface area contributed by atoms with E-state index in [0.29, 0.717) is 19.1 Å². The molecule has 0 radical (unpaired) electrons. The minimum atomic E-state index is 0.192. The van der Waals surface area contributed by atoms with Gasteiger partial charge in [0.1, 0.15) is 0 Å². The maximum absolute atomic E-state index is 12.9. The number of aromatic nitrogens is 2. The van der Waals surface area contributed by atoms with Gasteiger partial charge in [0.05, 0.1) is 18.5 Å². The van der Waals surface area contributed by atoms with E-state index in [0.717, 1.165) is 64.0 Å². The van der Waals surface area contributed by atoms with Crippen LogP contribution in [-0.4, -0.2) is 54.1 Å². The lowest BCUT2D eigenvalue weighted by Gasteiger charge is -2.34. The highest BCUT2D eigenvalue weighted by Gasteiger charge is 2.33. The third kappa shape index (κ3) is 3.58. The van der Waals surface area contributed by atoms with E-state index in [9.17, 15) is 4.79 Å². The summed E-state index contributed by atoms with van der Waals surface area (Å²) in [6, 6.07) is 0. The summed E-state index contributed by atoms with van der Waals surface area (Å²) in [7, 11) is 1.74. The van der Waals surface area contributed by atoms with Crippen molar-refractivity contribution in [2.24, 2.45) is 5.92 Å². The van der Waals surface area contributed by atoms with Crippen molar-refractivity contribution in [3.8, 4) is 0 Å². The Labute approximate surface area is 155 Å². The van der Waals surface area contributed by atoms with Crippen LogP contribution in [0.25, 0.3) is 0 Å². The van der Waals surface area contributed by atoms with E-state index in [1.54, 1.807) is 7.11 Å². The molecule has 3 heterocycles. The number of carbonyl (C=O) groups is 1. The zero-order chi connectivity index (χ0) is 17.9. The molecule has 1 aromatic rings. The van der Waals surface area contributed by atoms with Crippen molar-refractivity contribution < 1.29 is 14.3 Å². The van der Waals surface area contributed by atoms with Crippen LogP contribution in [0.2, 0.25) is 0 Å². The number of ether oxygens (including phenoxy) is 2. The van der Waals surface area contributed by atoms with Gasteiger partial charge in [-0.25, -0.2) is 0 Å². The minimum absolute atomic E-state index is 0.192. The smallest absolute Gasteiger partial charge is 0.249 e. The number of hydrogen-bond donors (Lipinski definition) is 0. The van der Waals surface area contributed by atoms with Crippen LogP contribution in [0, 0.1) is 5.92 Å². The Bertz CT molecular complexity index is 676. The number of carbonyl (C=O) groups excluding carboxylic acids is 1. The lowest BCUT2D eigenvalue weighted by Crippen LogP contribution is -2.40. The summed E-state index contributed by atoms with van der Waals surface area (Å²) in [5.41, 5.74) is 3.43. The van der Waals surface area contributed by atoms with Gasteiger partial charge in [0.25, 0.3) is 0 Å². The maximum Gasteiger partial charge on any atom is 0.249 e. The van der Waals surface area contributed by atoms with Gasteiger partial charge in [0, 0.05) is 57.0 Å². The fraction of sp³-hybridized carbons (Fsp3) is 0.700. The summed E-state index contributed by atoms with van der Waals surface area (Å²) < 4.78 is 13.1. The Morgan fingerprint density at radius 2 is 2.23 bits per heavy atom. The Balaban J connectivity index is 1.53. The third-order valence-corrected chi connectivity index (χ3v) is 5.89. The van der Waals surface area contributed by atoms with Gasteiger partial charge in [-0.05, 0) is 38.0 Å². The lowest BCUT2D eigenvalue weighted by molar-refractivity contribution is -0.128. The molecule has 1 atom stereocenters. The summed E-state index contributed by atoms with van der Waals surface area (Å²) in [4.78, 5) is 14.8. The van der Waals surface area contributed by atoms with Crippen molar-refractivity contribution in [1.29, 1.82) is 0 Å². The predicted molar refractivity (Wildman–Crippen MR) is 97.7 cm³/mol. The summed E-state index contributed by atoms with van der Waals surface area (Å²) in [5, 5.41) is 4.68. The van der Waals surface area contributed by atoms with Crippen LogP contribution in [0.1, 0.15) is 49.3 Å². The molecule has 1 fully saturated rings. The first kappa shape index (κ1) is 17.7. The molecule has 0 bridgehead atoms. The Morgan fingerprint density at radius 3 is 2.96 bits per heavy atom. The van der Waals surface area contributed by atoms with Gasteiger partial charge in [-0.1, -0.05) is 6.08 Å². The van der Waals surface area contributed by atoms with Gasteiger partial charge in [0.15, 0.2) is 0 Å². The van der Waals surface area contributed by atoms with Crippen molar-refractivity contribution >= 4 is 5.91 Å². The largest absolute Gasteiger partial charge is 0.384 e. The molecule has 1 aromatic heterocycles. The summed E-state index contributed by atoms with van der Waals surface area (Å²) in [6.45, 7) is 4.66. The fourth-order valence-electron chi connectivity index (χ4n) is 4.53. The second-order valence-electron chi connectivity index (χ2n) is 7.75. The first-order chi connectivity index (χ1) is 12.8. The number of methoxy groups -OCH3 is 1. The van der Waals surface area contributed by atoms with Gasteiger partial charge in [-0.15, -0.1) is 0 Å². The molecule has 1 saturated heterocycles. The van der Waals surface area contributed by atoms with Crippen LogP contribution >= 0.6 is 0 Å². The standard InChI is InChI=1S/C20H29N3O3/c1-25-14-18-13-22(20(24)16-4-2-3-5-16)12-17-10-21-23(19(17)18)11-15-6-8-26-9-7-15/h4,10,15,18H,2-3,5-9,11-14H2,1H3/t18-/m0/s1. The van der Waals surface area contributed by atoms with E-state index < -0.39 is 0 Å². The molecule has 142 valence electrons. The number of allylic oxidation sites excluding steroid dienone is 1. The second kappa shape index (κ2) is 7.92. The molecule has 0 N–H and O–H groups in total. The first-order valence-electron chi connectivity index (χ1n) is 9.86. The maximum atomic E-state index is 12.9. The molecule has 1 amide bonds. The van der Waals surface area contributed by atoms with Crippen molar-refractivity contribution in [2.45, 2.75) is 51.1 Å². The monoisotopic (exact) mass is 359 g/mol. The van der Waals surface area contributed by atoms with E-state index in [-0.39, 0.29) is 11.8 Å². The van der Waals surface area contributed by atoms with E-state index in [4.69, 9.17) is 9.47 Å². The average Bonchev–Trinajstić information content (AvgIpc) is 3.33. The van der Waals surface area contributed by atoms with E-state index >= 15 is 0 Å². The number of nitrogens with zero attached hydrogens (tertiary/aromatic N) is 3. The highest BCUT2D eigenvalue weighted by Crippen LogP contribution is 2.32. The minimum Gasteiger partial charge on any atom is -0.384 e. The topological polar surface area (TPSA) is 56.6 Å². The quantitative estimate of drug-likeness (QED) is 0.810. The molecule has 0 spiro atoms. The van der Waals surface area contributed by atoms with Crippen LogP contribution in [0.15, 0.2) is 17.8 Å². The predicted octanol–water partition coefficient (Wildman–Crippen LogP) is 2.49. The van der Waals surface area contributed by atoms with Crippen LogP contribution in [0.5, 0.6) is 0 Å². The van der Waals surface area contributed by atoms with E-state index in [1.807, 2.05) is 11.1 Å². The van der Waals surface area contributed by atoms with Gasteiger partial charge in [0.2, 0.25) is 5.91 Å². The molecule has 3 aliphatic rings. The van der Waals surface area contributed by atoms with Gasteiger partial charge in [-0.2, -0.15) is 5.10 Å². The highest BCUT2D eigenvalue weighted by molar-refractivity contribution is 5.94. The molecular weight excluding hydrogens is 330 g/mol. The molecule has 1 aliphatic carbocycles. The van der Waals surface area contributed by atoms with Crippen LogP contribution in [0.4, 0.5) is 0 Å². The normalized spacial score (nSPS) is 23.8. The highest BCUT2D eigenvalue weighted by atomic mass is 16.5. The fourth-order valence-corrected chi connectivity index (χ4v) is 4.53. The molecule has 26 heavy (non-hydrogen) atoms. The zero-order valence-corrected chi connectivity index (χ0v) is 15.7. The number of rotatable bonds is 5. The van der Waals surface area contributed by atoms with Gasteiger partial charge in [-0.3, -0.25) is 9.48 Å². The van der Waals surface area contributed by atoms with Crippen molar-refractivity contribution in [3.05, 3.63) is 29.1 Å². The summed E-state index contributed by atoms with van der Waals surface area (Å²) >= 11 is 0. The molecular formula is C20H29N3O3. The Hall–Kier alpha value is -1.66. The van der Waals surface area contributed by atoms with Crippen molar-refractivity contribution in [3.63, 3.8) is 0 Å². The molecule has 2 aliphatic heterocycles. The van der Waals surface area contributed by atoms with Crippen molar-refractivity contribution in [2.75, 3.05) is 33.5 Å². The second-order valence-corrected chi connectivity index (χ2v) is 7.75. The van der Waals surface area contributed by atoms with E-state index in [2.05, 4.69) is 15.9 Å². The van der Waals surface area contributed by atoms with Crippen LogP contribution < -0.4 is 0 Å². The van der Waals surface area contributed by atoms with Crippen LogP contribution in [-0.2, 0) is 27.4 Å². The molecule has 0 aromatic carbocycles. The number of fused-ring (bicyclic) bond motifs is 1. The van der Waals surface area contributed by atoms with Crippen LogP contribution in [0.3, 0.4) is 0 Å². The summed E-state index contributed by atoms with van der Waals surface area (Å²) in [5.74, 6) is 1.02. The average molecular weight is 359 g/mol. The van der Waals surface area contributed by atoms with Crippen molar-refractivity contribution in [1.82, 2.24) is 14.7 Å². The molecule has 6 heteroatoms. The van der Waals surface area contributed by atoms with Gasteiger partial charge >= 0.3 is 0 Å². The molecule has 0 saturated carbocycles. The number of amides is 1. The number of hydrogen-bond acceptors (Lipinski definition) is 4. The van der Waals surface area contributed by atoms with E-state index in [1.165, 1.54) is 11.3 Å². The first-order valence-corrected chi connectivity index (χ1v) is 9.86. The third-order valence-electron chi connectivity index (χ3n) is 5.89.